The largest absolute Gasteiger partial charge is 0.335 e. The predicted molar refractivity (Wildman–Crippen MR) is 117 cm³/mol. The molecule has 1 fully saturated rings. The molecule has 3 aromatic rings. The van der Waals surface area contributed by atoms with Crippen LogP contribution in [-0.4, -0.2) is 37.1 Å². The zero-order valence-electron chi connectivity index (χ0n) is 16.0. The van der Waals surface area contributed by atoms with Crippen LogP contribution in [0.3, 0.4) is 0 Å². The second-order valence-corrected chi connectivity index (χ2v) is 8.85. The van der Waals surface area contributed by atoms with Gasteiger partial charge in [0.15, 0.2) is 11.0 Å². The fourth-order valence-corrected chi connectivity index (χ4v) is 4.75. The monoisotopic (exact) mass is 471 g/mol. The number of aromatic nitrogens is 4. The molecular formula is C21H22BrN5OS. The third kappa shape index (κ3) is 5.05. The summed E-state index contributed by atoms with van der Waals surface area (Å²) in [5.74, 6) is 1.75. The summed E-state index contributed by atoms with van der Waals surface area (Å²) in [6.45, 7) is 1.25. The van der Waals surface area contributed by atoms with Crippen molar-refractivity contribution in [3.05, 3.63) is 64.7 Å². The van der Waals surface area contributed by atoms with Crippen molar-refractivity contribution in [2.75, 3.05) is 6.54 Å². The molecule has 0 unspecified atom stereocenters. The molecule has 4 rings (SSSR count). The maximum Gasteiger partial charge on any atom is 0.222 e. The topological polar surface area (TPSA) is 63.9 Å². The lowest BCUT2D eigenvalue weighted by atomic mass is 10.2. The van der Waals surface area contributed by atoms with E-state index < -0.39 is 0 Å². The van der Waals surface area contributed by atoms with Gasteiger partial charge in [-0.3, -0.25) is 14.3 Å². The first kappa shape index (κ1) is 20.1. The summed E-state index contributed by atoms with van der Waals surface area (Å²) in [6.07, 6.45) is 7.28. The summed E-state index contributed by atoms with van der Waals surface area (Å²) in [7, 11) is 0. The van der Waals surface area contributed by atoms with Gasteiger partial charge in [0, 0.05) is 29.4 Å². The van der Waals surface area contributed by atoms with Gasteiger partial charge >= 0.3 is 0 Å². The molecule has 0 aliphatic carbocycles. The molecule has 29 heavy (non-hydrogen) atoms. The average Bonchev–Trinajstić information content (AvgIpc) is 3.02. The van der Waals surface area contributed by atoms with Crippen molar-refractivity contribution in [1.82, 2.24) is 24.6 Å². The number of hydrogen-bond donors (Lipinski definition) is 0. The Morgan fingerprint density at radius 2 is 2.03 bits per heavy atom. The van der Waals surface area contributed by atoms with E-state index in [2.05, 4.69) is 43.2 Å². The molecule has 3 heterocycles. The van der Waals surface area contributed by atoms with E-state index in [0.717, 1.165) is 52.7 Å². The van der Waals surface area contributed by atoms with E-state index in [1.54, 1.807) is 24.2 Å². The molecule has 0 N–H and O–H groups in total. The third-order valence-corrected chi connectivity index (χ3v) is 6.36. The second-order valence-electron chi connectivity index (χ2n) is 6.99. The van der Waals surface area contributed by atoms with Crippen molar-refractivity contribution in [2.24, 2.45) is 0 Å². The maximum absolute atomic E-state index is 12.5. The zero-order valence-corrected chi connectivity index (χ0v) is 18.4. The van der Waals surface area contributed by atoms with Gasteiger partial charge < -0.3 is 4.90 Å². The minimum Gasteiger partial charge on any atom is -0.335 e. The molecule has 1 saturated heterocycles. The summed E-state index contributed by atoms with van der Waals surface area (Å²) >= 11 is 5.15. The van der Waals surface area contributed by atoms with Crippen molar-refractivity contribution in [1.29, 1.82) is 0 Å². The lowest BCUT2D eigenvalue weighted by molar-refractivity contribution is -0.131. The number of amides is 1. The van der Waals surface area contributed by atoms with Crippen molar-refractivity contribution in [2.45, 2.75) is 43.1 Å². The zero-order chi connectivity index (χ0) is 20.1. The Morgan fingerprint density at radius 1 is 1.10 bits per heavy atom. The van der Waals surface area contributed by atoms with Gasteiger partial charge in [-0.2, -0.15) is 0 Å². The predicted octanol–water partition coefficient (Wildman–Crippen LogP) is 4.62. The Bertz CT molecular complexity index is 978. The van der Waals surface area contributed by atoms with Crippen LogP contribution in [0.25, 0.3) is 5.69 Å². The summed E-state index contributed by atoms with van der Waals surface area (Å²) in [4.78, 5) is 18.6. The van der Waals surface area contributed by atoms with Gasteiger partial charge in [-0.05, 0) is 42.7 Å². The number of halogens is 1. The van der Waals surface area contributed by atoms with Crippen molar-refractivity contribution in [3.8, 4) is 5.69 Å². The highest BCUT2D eigenvalue weighted by atomic mass is 79.9. The standard InChI is InChI=1S/C21H22BrN5OS/c22-17-7-4-6-16(12-17)15-29-21-25-24-19(27(21)18-8-5-10-23-13-18)14-26-11-3-1-2-9-20(26)28/h4-8,10,12-13H,1-3,9,11,14-15H2. The number of carbonyl (C=O) groups is 1. The van der Waals surface area contributed by atoms with Gasteiger partial charge in [-0.1, -0.05) is 46.2 Å². The van der Waals surface area contributed by atoms with Gasteiger partial charge in [0.2, 0.25) is 5.91 Å². The number of carbonyl (C=O) groups excluding carboxylic acids is 1. The normalized spacial score (nSPS) is 14.8. The van der Waals surface area contributed by atoms with E-state index in [1.807, 2.05) is 33.7 Å². The van der Waals surface area contributed by atoms with E-state index >= 15 is 0 Å². The molecule has 0 spiro atoms. The Labute approximate surface area is 182 Å². The molecule has 8 heteroatoms. The van der Waals surface area contributed by atoms with Crippen molar-refractivity contribution < 1.29 is 4.79 Å². The fraction of sp³-hybridized carbons (Fsp3) is 0.333. The van der Waals surface area contributed by atoms with Crippen molar-refractivity contribution in [3.63, 3.8) is 0 Å². The highest BCUT2D eigenvalue weighted by Gasteiger charge is 2.22. The SMILES string of the molecule is O=C1CCCCCN1Cc1nnc(SCc2cccc(Br)c2)n1-c1cccnc1. The Morgan fingerprint density at radius 3 is 2.86 bits per heavy atom. The Kier molecular flexibility index (Phi) is 6.61. The second kappa shape index (κ2) is 9.54. The van der Waals surface area contributed by atoms with Crippen LogP contribution >= 0.6 is 27.7 Å². The summed E-state index contributed by atoms with van der Waals surface area (Å²) in [5.41, 5.74) is 2.11. The van der Waals surface area contributed by atoms with E-state index in [-0.39, 0.29) is 5.91 Å². The van der Waals surface area contributed by atoms with Crippen LogP contribution in [0.5, 0.6) is 0 Å². The molecule has 1 amide bonds. The van der Waals surface area contributed by atoms with E-state index in [1.165, 1.54) is 5.56 Å². The first-order valence-corrected chi connectivity index (χ1v) is 11.5. The van der Waals surface area contributed by atoms with E-state index in [9.17, 15) is 4.79 Å². The van der Waals surface area contributed by atoms with Crippen LogP contribution in [0.15, 0.2) is 58.4 Å². The average molecular weight is 472 g/mol. The first-order chi connectivity index (χ1) is 14.2. The minimum atomic E-state index is 0.201. The number of nitrogens with zero attached hydrogens (tertiary/aromatic N) is 5. The van der Waals surface area contributed by atoms with Gasteiger partial charge in [0.25, 0.3) is 0 Å². The number of benzene rings is 1. The maximum atomic E-state index is 12.5. The van der Waals surface area contributed by atoms with Crippen LogP contribution < -0.4 is 0 Å². The smallest absolute Gasteiger partial charge is 0.222 e. The van der Waals surface area contributed by atoms with Crippen molar-refractivity contribution >= 4 is 33.6 Å². The summed E-state index contributed by atoms with van der Waals surface area (Å²) in [6, 6.07) is 12.1. The molecule has 150 valence electrons. The number of thioether (sulfide) groups is 1. The number of likely N-dealkylation sites (tertiary alicyclic amines) is 1. The Balaban J connectivity index is 1.60. The van der Waals surface area contributed by atoms with E-state index in [0.29, 0.717) is 13.0 Å². The third-order valence-electron chi connectivity index (χ3n) is 4.87. The lowest BCUT2D eigenvalue weighted by Crippen LogP contribution is -2.31. The van der Waals surface area contributed by atoms with Crippen LogP contribution in [0.1, 0.15) is 37.1 Å². The molecule has 6 nitrogen and oxygen atoms in total. The molecule has 2 aromatic heterocycles. The Hall–Kier alpha value is -2.19. The number of hydrogen-bond acceptors (Lipinski definition) is 5. The molecule has 1 aliphatic heterocycles. The summed E-state index contributed by atoms with van der Waals surface area (Å²) in [5, 5.41) is 9.69. The van der Waals surface area contributed by atoms with E-state index in [4.69, 9.17) is 0 Å². The summed E-state index contributed by atoms with van der Waals surface area (Å²) < 4.78 is 3.08. The highest BCUT2D eigenvalue weighted by molar-refractivity contribution is 9.10. The minimum absolute atomic E-state index is 0.201. The molecule has 0 bridgehead atoms. The quantitative estimate of drug-likeness (QED) is 0.490. The number of rotatable bonds is 6. The molecule has 0 radical (unpaired) electrons. The van der Waals surface area contributed by atoms with Crippen LogP contribution in [0.2, 0.25) is 0 Å². The molecule has 0 atom stereocenters. The first-order valence-electron chi connectivity index (χ1n) is 9.70. The fourth-order valence-electron chi connectivity index (χ4n) is 3.39. The molecular weight excluding hydrogens is 450 g/mol. The van der Waals surface area contributed by atoms with Gasteiger partial charge in [-0.25, -0.2) is 0 Å². The van der Waals surface area contributed by atoms with Crippen LogP contribution in [0, 0.1) is 0 Å². The van der Waals surface area contributed by atoms with Gasteiger partial charge in [0.1, 0.15) is 0 Å². The number of pyridine rings is 1. The van der Waals surface area contributed by atoms with Crippen LogP contribution in [0.4, 0.5) is 0 Å². The van der Waals surface area contributed by atoms with Gasteiger partial charge in [-0.15, -0.1) is 10.2 Å². The lowest BCUT2D eigenvalue weighted by Gasteiger charge is -2.20. The molecule has 1 aliphatic rings. The molecule has 1 aromatic carbocycles. The highest BCUT2D eigenvalue weighted by Crippen LogP contribution is 2.27. The van der Waals surface area contributed by atoms with Gasteiger partial charge in [0.05, 0.1) is 18.4 Å². The molecule has 0 saturated carbocycles. The van der Waals surface area contributed by atoms with Crippen LogP contribution in [-0.2, 0) is 17.1 Å².